The number of carbonyl (C=O) groups excluding carboxylic acids is 4. The van der Waals surface area contributed by atoms with Crippen LogP contribution in [0.2, 0.25) is 0 Å². The summed E-state index contributed by atoms with van der Waals surface area (Å²) in [5.74, 6) is -3.51. The molecule has 0 atom stereocenters. The molecule has 0 aliphatic heterocycles. The van der Waals surface area contributed by atoms with Crippen molar-refractivity contribution in [3.8, 4) is 0 Å². The van der Waals surface area contributed by atoms with E-state index in [1.807, 2.05) is 0 Å². The highest BCUT2D eigenvalue weighted by Gasteiger charge is 2.53. The molecule has 0 aliphatic rings. The number of thiophene rings is 1. The van der Waals surface area contributed by atoms with E-state index >= 15 is 0 Å². The second-order valence-corrected chi connectivity index (χ2v) is 7.26. The van der Waals surface area contributed by atoms with Crippen molar-refractivity contribution in [2.45, 2.75) is 20.3 Å². The standard InChI is InChI=1S/C19H24O8S/c1-18(14(20)24-3,15(21)25-4)11-12(10-13-8-7-9-28-13)19(2,16(22)26-5)17(23)27-6/h7-10H,11H2,1-6H3/b12-10-. The molecule has 0 aliphatic carbocycles. The lowest BCUT2D eigenvalue weighted by molar-refractivity contribution is -0.171. The molecule has 0 unspecified atom stereocenters. The number of hydrogen-bond donors (Lipinski definition) is 0. The number of esters is 4. The molecule has 1 aromatic rings. The van der Waals surface area contributed by atoms with Gasteiger partial charge >= 0.3 is 23.9 Å². The lowest BCUT2D eigenvalue weighted by Crippen LogP contribution is -2.45. The summed E-state index contributed by atoms with van der Waals surface area (Å²) < 4.78 is 19.2. The van der Waals surface area contributed by atoms with E-state index in [0.29, 0.717) is 4.88 Å². The molecule has 0 N–H and O–H groups in total. The Hall–Kier alpha value is -2.68. The van der Waals surface area contributed by atoms with Crippen LogP contribution in [-0.2, 0) is 38.1 Å². The lowest BCUT2D eigenvalue weighted by Gasteiger charge is -2.32. The van der Waals surface area contributed by atoms with Crippen LogP contribution in [0.4, 0.5) is 0 Å². The van der Waals surface area contributed by atoms with E-state index in [4.69, 9.17) is 18.9 Å². The van der Waals surface area contributed by atoms with Crippen molar-refractivity contribution in [2.75, 3.05) is 28.4 Å². The third kappa shape index (κ3) is 4.41. The van der Waals surface area contributed by atoms with Gasteiger partial charge in [0, 0.05) is 4.88 Å². The molecule has 28 heavy (non-hydrogen) atoms. The molecule has 1 aromatic heterocycles. The molecular weight excluding hydrogens is 388 g/mol. The molecule has 0 fully saturated rings. The smallest absolute Gasteiger partial charge is 0.327 e. The van der Waals surface area contributed by atoms with Gasteiger partial charge in [-0.3, -0.25) is 19.2 Å². The van der Waals surface area contributed by atoms with Gasteiger partial charge < -0.3 is 18.9 Å². The van der Waals surface area contributed by atoms with Crippen LogP contribution in [0, 0.1) is 10.8 Å². The summed E-state index contributed by atoms with van der Waals surface area (Å²) in [7, 11) is 4.52. The van der Waals surface area contributed by atoms with Gasteiger partial charge in [-0.05, 0) is 43.4 Å². The van der Waals surface area contributed by atoms with Gasteiger partial charge in [-0.2, -0.15) is 0 Å². The maximum Gasteiger partial charge on any atom is 0.327 e. The summed E-state index contributed by atoms with van der Waals surface area (Å²) in [6.45, 7) is 2.64. The van der Waals surface area contributed by atoms with Crippen LogP contribution in [-0.4, -0.2) is 52.3 Å². The van der Waals surface area contributed by atoms with Crippen LogP contribution in [0.15, 0.2) is 23.1 Å². The SMILES string of the molecule is COC(=O)C(C)(C/C(=C/c1cccs1)C(C)(C(=O)OC)C(=O)OC)C(=O)OC. The molecule has 0 spiro atoms. The molecular formula is C19H24O8S. The predicted molar refractivity (Wildman–Crippen MR) is 101 cm³/mol. The molecule has 9 heteroatoms. The third-order valence-electron chi connectivity index (χ3n) is 4.51. The first-order valence-corrected chi connectivity index (χ1v) is 9.08. The molecule has 1 heterocycles. The maximum absolute atomic E-state index is 12.6. The van der Waals surface area contributed by atoms with Crippen LogP contribution >= 0.6 is 11.3 Å². The number of hydrogen-bond acceptors (Lipinski definition) is 9. The maximum atomic E-state index is 12.6. The van der Waals surface area contributed by atoms with Crippen molar-refractivity contribution in [3.63, 3.8) is 0 Å². The molecule has 0 aromatic carbocycles. The van der Waals surface area contributed by atoms with Crippen molar-refractivity contribution in [1.82, 2.24) is 0 Å². The monoisotopic (exact) mass is 412 g/mol. The van der Waals surface area contributed by atoms with Crippen LogP contribution < -0.4 is 0 Å². The summed E-state index contributed by atoms with van der Waals surface area (Å²) in [6.07, 6.45) is 1.23. The Bertz CT molecular complexity index is 731. The predicted octanol–water partition coefficient (Wildman–Crippen LogP) is 2.23. The molecule has 0 saturated carbocycles. The van der Waals surface area contributed by atoms with E-state index in [0.717, 1.165) is 28.4 Å². The van der Waals surface area contributed by atoms with E-state index in [2.05, 4.69) is 0 Å². The first kappa shape index (κ1) is 23.4. The van der Waals surface area contributed by atoms with Crippen molar-refractivity contribution < 1.29 is 38.1 Å². The fraction of sp³-hybridized carbons (Fsp3) is 0.474. The van der Waals surface area contributed by atoms with E-state index in [1.54, 1.807) is 23.6 Å². The fourth-order valence-corrected chi connectivity index (χ4v) is 3.41. The third-order valence-corrected chi connectivity index (χ3v) is 5.32. The van der Waals surface area contributed by atoms with Crippen LogP contribution in [0.5, 0.6) is 0 Å². The molecule has 0 radical (unpaired) electrons. The first-order chi connectivity index (χ1) is 13.1. The van der Waals surface area contributed by atoms with Gasteiger partial charge in [-0.15, -0.1) is 11.3 Å². The summed E-state index contributed by atoms with van der Waals surface area (Å²) in [6, 6.07) is 3.54. The topological polar surface area (TPSA) is 105 Å². The number of carbonyl (C=O) groups is 4. The second-order valence-electron chi connectivity index (χ2n) is 6.29. The summed E-state index contributed by atoms with van der Waals surface area (Å²) in [5, 5.41) is 1.80. The highest BCUT2D eigenvalue weighted by molar-refractivity contribution is 7.10. The Morgan fingerprint density at radius 1 is 0.893 bits per heavy atom. The number of rotatable bonds is 8. The van der Waals surface area contributed by atoms with Gasteiger partial charge in [0.2, 0.25) is 0 Å². The summed E-state index contributed by atoms with van der Waals surface area (Å²) in [5.41, 5.74) is -3.54. The highest BCUT2D eigenvalue weighted by atomic mass is 32.1. The van der Waals surface area contributed by atoms with Gasteiger partial charge in [0.15, 0.2) is 10.8 Å². The van der Waals surface area contributed by atoms with Gasteiger partial charge in [0.05, 0.1) is 28.4 Å². The molecule has 0 amide bonds. The van der Waals surface area contributed by atoms with Crippen molar-refractivity contribution in [1.29, 1.82) is 0 Å². The largest absolute Gasteiger partial charge is 0.468 e. The Morgan fingerprint density at radius 3 is 1.71 bits per heavy atom. The molecule has 1 rings (SSSR count). The Balaban J connectivity index is 3.69. The zero-order chi connectivity index (χ0) is 21.5. The Kier molecular flexibility index (Phi) is 7.92. The summed E-state index contributed by atoms with van der Waals surface area (Å²) >= 11 is 1.35. The molecule has 0 saturated heterocycles. The van der Waals surface area contributed by atoms with E-state index in [-0.39, 0.29) is 12.0 Å². The van der Waals surface area contributed by atoms with E-state index in [1.165, 1.54) is 25.2 Å². The minimum Gasteiger partial charge on any atom is -0.468 e. The molecule has 0 bridgehead atoms. The van der Waals surface area contributed by atoms with Crippen LogP contribution in [0.3, 0.4) is 0 Å². The van der Waals surface area contributed by atoms with E-state index < -0.39 is 34.7 Å². The van der Waals surface area contributed by atoms with Gasteiger partial charge in [-0.25, -0.2) is 0 Å². The average Bonchev–Trinajstić information content (AvgIpc) is 3.22. The van der Waals surface area contributed by atoms with Gasteiger partial charge in [-0.1, -0.05) is 6.07 Å². The number of methoxy groups -OCH3 is 4. The molecule has 8 nitrogen and oxygen atoms in total. The lowest BCUT2D eigenvalue weighted by atomic mass is 9.72. The van der Waals surface area contributed by atoms with E-state index in [9.17, 15) is 19.2 Å². The minimum atomic E-state index is -1.89. The van der Waals surface area contributed by atoms with Crippen molar-refractivity contribution in [2.24, 2.45) is 10.8 Å². The zero-order valence-corrected chi connectivity index (χ0v) is 17.5. The Morgan fingerprint density at radius 2 is 1.36 bits per heavy atom. The van der Waals surface area contributed by atoms with Crippen LogP contribution in [0.1, 0.15) is 25.1 Å². The fourth-order valence-electron chi connectivity index (χ4n) is 2.73. The van der Waals surface area contributed by atoms with Crippen molar-refractivity contribution in [3.05, 3.63) is 28.0 Å². The van der Waals surface area contributed by atoms with Gasteiger partial charge in [0.25, 0.3) is 0 Å². The molecule has 154 valence electrons. The first-order valence-electron chi connectivity index (χ1n) is 8.20. The zero-order valence-electron chi connectivity index (χ0n) is 16.7. The van der Waals surface area contributed by atoms with Crippen molar-refractivity contribution >= 4 is 41.3 Å². The van der Waals surface area contributed by atoms with Crippen LogP contribution in [0.25, 0.3) is 6.08 Å². The number of ether oxygens (including phenoxy) is 4. The average molecular weight is 412 g/mol. The second kappa shape index (κ2) is 9.50. The Labute approximate surface area is 167 Å². The quantitative estimate of drug-likeness (QED) is 0.364. The normalized spacial score (nSPS) is 12.1. The minimum absolute atomic E-state index is 0.145. The van der Waals surface area contributed by atoms with Gasteiger partial charge in [0.1, 0.15) is 0 Å². The summed E-state index contributed by atoms with van der Waals surface area (Å²) in [4.78, 5) is 50.6. The highest BCUT2D eigenvalue weighted by Crippen LogP contribution is 2.41.